The Hall–Kier alpha value is -1.18. The molecule has 76 valence electrons. The monoisotopic (exact) mass is 194 g/mol. The predicted octanol–water partition coefficient (Wildman–Crippen LogP) is 3.28. The van der Waals surface area contributed by atoms with E-state index in [1.807, 2.05) is 13.0 Å². The van der Waals surface area contributed by atoms with Crippen LogP contribution in [-0.4, -0.2) is 5.78 Å². The molecule has 1 rings (SSSR count). The summed E-state index contributed by atoms with van der Waals surface area (Å²) in [4.78, 5) is 11.7. The minimum Gasteiger partial charge on any atom is -0.294 e. The maximum Gasteiger partial charge on any atom is 0.168 e. The van der Waals surface area contributed by atoms with Crippen LogP contribution in [0.5, 0.6) is 0 Å². The minimum atomic E-state index is -0.402. The molecular weight excluding hydrogens is 179 g/mol. The summed E-state index contributed by atoms with van der Waals surface area (Å²) in [6, 6.07) is 3.24. The number of hydrogen-bond donors (Lipinski definition) is 0. The van der Waals surface area contributed by atoms with Gasteiger partial charge in [-0.25, -0.2) is 4.39 Å². The van der Waals surface area contributed by atoms with Crippen molar-refractivity contribution in [3.8, 4) is 0 Å². The molecule has 0 radical (unpaired) electrons. The zero-order chi connectivity index (χ0) is 10.9. The third kappa shape index (κ3) is 2.00. The van der Waals surface area contributed by atoms with Crippen molar-refractivity contribution in [1.82, 2.24) is 0 Å². The van der Waals surface area contributed by atoms with Crippen molar-refractivity contribution >= 4 is 5.78 Å². The van der Waals surface area contributed by atoms with E-state index < -0.39 is 5.82 Å². The SMILES string of the molecule is Cc1cc(C)c(C(=O)C(C)C)c(F)c1. The highest BCUT2D eigenvalue weighted by Crippen LogP contribution is 2.19. The molecule has 0 heterocycles. The number of rotatable bonds is 2. The predicted molar refractivity (Wildman–Crippen MR) is 55.0 cm³/mol. The summed E-state index contributed by atoms with van der Waals surface area (Å²) in [7, 11) is 0. The highest BCUT2D eigenvalue weighted by atomic mass is 19.1. The Balaban J connectivity index is 3.28. The fourth-order valence-electron chi connectivity index (χ4n) is 1.52. The third-order valence-corrected chi connectivity index (χ3v) is 2.20. The summed E-state index contributed by atoms with van der Waals surface area (Å²) in [5.41, 5.74) is 1.81. The van der Waals surface area contributed by atoms with E-state index in [2.05, 4.69) is 0 Å². The summed E-state index contributed by atoms with van der Waals surface area (Å²) in [5.74, 6) is -0.688. The molecule has 0 aliphatic carbocycles. The maximum absolute atomic E-state index is 13.5. The van der Waals surface area contributed by atoms with E-state index in [9.17, 15) is 9.18 Å². The van der Waals surface area contributed by atoms with Gasteiger partial charge in [-0.2, -0.15) is 0 Å². The van der Waals surface area contributed by atoms with Crippen LogP contribution < -0.4 is 0 Å². The van der Waals surface area contributed by atoms with Crippen molar-refractivity contribution in [2.24, 2.45) is 5.92 Å². The van der Waals surface area contributed by atoms with Gasteiger partial charge in [0.05, 0.1) is 5.56 Å². The van der Waals surface area contributed by atoms with E-state index in [1.54, 1.807) is 20.8 Å². The van der Waals surface area contributed by atoms with E-state index >= 15 is 0 Å². The number of benzene rings is 1. The highest BCUT2D eigenvalue weighted by Gasteiger charge is 2.17. The lowest BCUT2D eigenvalue weighted by Gasteiger charge is -2.09. The largest absolute Gasteiger partial charge is 0.294 e. The molecule has 1 aromatic rings. The summed E-state index contributed by atoms with van der Waals surface area (Å²) >= 11 is 0. The van der Waals surface area contributed by atoms with Crippen molar-refractivity contribution in [3.63, 3.8) is 0 Å². The van der Waals surface area contributed by atoms with Gasteiger partial charge in [0.15, 0.2) is 5.78 Å². The molecule has 0 N–H and O–H groups in total. The number of halogens is 1. The molecule has 0 aliphatic heterocycles. The quantitative estimate of drug-likeness (QED) is 0.660. The number of carbonyl (C=O) groups excluding carboxylic acids is 1. The van der Waals surface area contributed by atoms with Crippen molar-refractivity contribution in [1.29, 1.82) is 0 Å². The van der Waals surface area contributed by atoms with Gasteiger partial charge in [0.1, 0.15) is 5.82 Å². The lowest BCUT2D eigenvalue weighted by atomic mass is 9.95. The number of aryl methyl sites for hydroxylation is 2. The lowest BCUT2D eigenvalue weighted by Crippen LogP contribution is -2.12. The molecule has 1 nitrogen and oxygen atoms in total. The van der Waals surface area contributed by atoms with E-state index in [0.29, 0.717) is 0 Å². The molecule has 0 aromatic heterocycles. The Morgan fingerprint density at radius 2 is 1.86 bits per heavy atom. The molecule has 0 atom stereocenters. The maximum atomic E-state index is 13.5. The van der Waals surface area contributed by atoms with E-state index in [4.69, 9.17) is 0 Å². The molecule has 1 aromatic carbocycles. The number of carbonyl (C=O) groups is 1. The molecular formula is C12H15FO. The van der Waals surface area contributed by atoms with E-state index in [-0.39, 0.29) is 17.3 Å². The lowest BCUT2D eigenvalue weighted by molar-refractivity contribution is 0.0934. The zero-order valence-electron chi connectivity index (χ0n) is 9.02. The third-order valence-electron chi connectivity index (χ3n) is 2.20. The van der Waals surface area contributed by atoms with Crippen LogP contribution in [-0.2, 0) is 0 Å². The molecule has 0 saturated carbocycles. The molecule has 0 bridgehead atoms. The first-order valence-corrected chi connectivity index (χ1v) is 4.74. The average Bonchev–Trinajstić information content (AvgIpc) is 2.01. The first-order valence-electron chi connectivity index (χ1n) is 4.74. The Morgan fingerprint density at radius 1 is 1.29 bits per heavy atom. The van der Waals surface area contributed by atoms with Crippen LogP contribution in [0.25, 0.3) is 0 Å². The summed E-state index contributed by atoms with van der Waals surface area (Å²) in [6.07, 6.45) is 0. The number of Topliss-reactive ketones (excluding diaryl/α,β-unsaturated/α-hetero) is 1. The Morgan fingerprint density at radius 3 is 2.29 bits per heavy atom. The van der Waals surface area contributed by atoms with E-state index in [0.717, 1.165) is 11.1 Å². The molecule has 0 unspecified atom stereocenters. The first-order chi connectivity index (χ1) is 6.43. The second-order valence-electron chi connectivity index (χ2n) is 3.96. The number of ketones is 1. The highest BCUT2D eigenvalue weighted by molar-refractivity contribution is 5.99. The topological polar surface area (TPSA) is 17.1 Å². The molecule has 0 spiro atoms. The van der Waals surface area contributed by atoms with Crippen LogP contribution in [0, 0.1) is 25.6 Å². The second kappa shape index (κ2) is 3.91. The molecule has 0 amide bonds. The van der Waals surface area contributed by atoms with Gasteiger partial charge in [0.2, 0.25) is 0 Å². The van der Waals surface area contributed by atoms with Crippen LogP contribution in [0.2, 0.25) is 0 Å². The number of hydrogen-bond acceptors (Lipinski definition) is 1. The van der Waals surface area contributed by atoms with Crippen LogP contribution in [0.1, 0.15) is 35.3 Å². The van der Waals surface area contributed by atoms with Gasteiger partial charge in [-0.3, -0.25) is 4.79 Å². The second-order valence-corrected chi connectivity index (χ2v) is 3.96. The van der Waals surface area contributed by atoms with Crippen LogP contribution in [0.4, 0.5) is 4.39 Å². The van der Waals surface area contributed by atoms with Crippen LogP contribution >= 0.6 is 0 Å². The van der Waals surface area contributed by atoms with Crippen molar-refractivity contribution in [2.45, 2.75) is 27.7 Å². The van der Waals surface area contributed by atoms with Gasteiger partial charge >= 0.3 is 0 Å². The summed E-state index contributed by atoms with van der Waals surface area (Å²) in [6.45, 7) is 7.15. The average molecular weight is 194 g/mol. The minimum absolute atomic E-state index is 0.125. The standard InChI is InChI=1S/C12H15FO/c1-7(2)12(14)11-9(4)5-8(3)6-10(11)13/h5-7H,1-4H3. The van der Waals surface area contributed by atoms with Gasteiger partial charge < -0.3 is 0 Å². The van der Waals surface area contributed by atoms with Gasteiger partial charge in [-0.1, -0.05) is 19.9 Å². The van der Waals surface area contributed by atoms with Crippen molar-refractivity contribution < 1.29 is 9.18 Å². The van der Waals surface area contributed by atoms with E-state index in [1.165, 1.54) is 6.07 Å². The Bertz CT molecular complexity index is 344. The fourth-order valence-corrected chi connectivity index (χ4v) is 1.52. The Labute approximate surface area is 83.9 Å². The molecule has 0 aliphatic rings. The summed E-state index contributed by atoms with van der Waals surface area (Å²) in [5, 5.41) is 0. The zero-order valence-corrected chi connectivity index (χ0v) is 9.02. The van der Waals surface area contributed by atoms with Gasteiger partial charge in [-0.15, -0.1) is 0 Å². The smallest absolute Gasteiger partial charge is 0.168 e. The fraction of sp³-hybridized carbons (Fsp3) is 0.417. The van der Waals surface area contributed by atoms with Crippen LogP contribution in [0.15, 0.2) is 12.1 Å². The normalized spacial score (nSPS) is 10.7. The molecule has 0 fully saturated rings. The summed E-state index contributed by atoms with van der Waals surface area (Å²) < 4.78 is 13.5. The van der Waals surface area contributed by atoms with Crippen molar-refractivity contribution in [3.05, 3.63) is 34.6 Å². The van der Waals surface area contributed by atoms with Crippen molar-refractivity contribution in [2.75, 3.05) is 0 Å². The van der Waals surface area contributed by atoms with Gasteiger partial charge in [-0.05, 0) is 31.0 Å². The molecule has 0 saturated heterocycles. The molecule has 14 heavy (non-hydrogen) atoms. The molecule has 2 heteroatoms. The Kier molecular flexibility index (Phi) is 3.04. The van der Waals surface area contributed by atoms with Gasteiger partial charge in [0, 0.05) is 5.92 Å². The van der Waals surface area contributed by atoms with Gasteiger partial charge in [0.25, 0.3) is 0 Å². The first kappa shape index (κ1) is 10.9. The van der Waals surface area contributed by atoms with Crippen LogP contribution in [0.3, 0.4) is 0 Å².